The van der Waals surface area contributed by atoms with Crippen molar-refractivity contribution in [3.05, 3.63) is 23.9 Å². The van der Waals surface area contributed by atoms with E-state index in [1.165, 1.54) is 12.8 Å². The Labute approximate surface area is 80.7 Å². The normalized spacial score (nSPS) is 43.1. The molecule has 4 unspecified atom stereocenters. The first kappa shape index (κ1) is 8.86. The van der Waals surface area contributed by atoms with Gasteiger partial charge in [-0.05, 0) is 30.6 Å². The van der Waals surface area contributed by atoms with E-state index in [2.05, 4.69) is 32.1 Å². The molecule has 0 saturated carbocycles. The molecule has 0 saturated heterocycles. The lowest BCUT2D eigenvalue weighted by atomic mass is 9.73. The Morgan fingerprint density at radius 3 is 2.62 bits per heavy atom. The van der Waals surface area contributed by atoms with Crippen LogP contribution in [0.1, 0.15) is 26.7 Å². The van der Waals surface area contributed by atoms with Crippen LogP contribution in [0.4, 0.5) is 0 Å². The molecule has 13 heavy (non-hydrogen) atoms. The van der Waals surface area contributed by atoms with E-state index in [-0.39, 0.29) is 0 Å². The molecule has 0 amide bonds. The van der Waals surface area contributed by atoms with Crippen molar-refractivity contribution in [3.8, 4) is 0 Å². The minimum absolute atomic E-state index is 0.673. The molecule has 4 atom stereocenters. The van der Waals surface area contributed by atoms with Gasteiger partial charge in [0.25, 0.3) is 0 Å². The second-order valence-electron chi connectivity index (χ2n) is 4.65. The van der Waals surface area contributed by atoms with Crippen LogP contribution in [0.5, 0.6) is 0 Å². The summed E-state index contributed by atoms with van der Waals surface area (Å²) in [6, 6.07) is 0. The van der Waals surface area contributed by atoms with Crippen molar-refractivity contribution < 1.29 is 0 Å². The molecular weight excluding hydrogens is 158 g/mol. The third kappa shape index (κ3) is 1.52. The maximum Gasteiger partial charge on any atom is 0.00803 e. The predicted octanol–water partition coefficient (Wildman–Crippen LogP) is 2.70. The molecule has 0 aliphatic heterocycles. The van der Waals surface area contributed by atoms with Crippen molar-refractivity contribution in [1.29, 1.82) is 0 Å². The lowest BCUT2D eigenvalue weighted by Crippen LogP contribution is -2.30. The number of hydrogen-bond acceptors (Lipinski definition) is 1. The fraction of sp³-hybridized carbons (Fsp3) is 0.667. The molecule has 2 N–H and O–H groups in total. The zero-order valence-electron chi connectivity index (χ0n) is 8.53. The summed E-state index contributed by atoms with van der Waals surface area (Å²) in [7, 11) is 0. The van der Waals surface area contributed by atoms with Crippen LogP contribution >= 0.6 is 0 Å². The van der Waals surface area contributed by atoms with Crippen LogP contribution in [0, 0.1) is 23.7 Å². The molecule has 0 radical (unpaired) electrons. The van der Waals surface area contributed by atoms with Crippen molar-refractivity contribution in [2.75, 3.05) is 0 Å². The van der Waals surface area contributed by atoms with E-state index in [0.29, 0.717) is 11.8 Å². The van der Waals surface area contributed by atoms with Crippen molar-refractivity contribution in [2.24, 2.45) is 29.4 Å². The fourth-order valence-electron chi connectivity index (χ4n) is 2.56. The molecule has 2 rings (SSSR count). The molecule has 2 aliphatic rings. The number of rotatable bonds is 2. The van der Waals surface area contributed by atoms with E-state index in [1.807, 2.05) is 0 Å². The SMILES string of the molecule is CC1C=CCC1CC1C(N)=CC1C. The third-order valence-corrected chi connectivity index (χ3v) is 3.70. The van der Waals surface area contributed by atoms with Crippen LogP contribution in [0.2, 0.25) is 0 Å². The zero-order chi connectivity index (χ0) is 9.42. The first-order chi connectivity index (χ1) is 6.18. The summed E-state index contributed by atoms with van der Waals surface area (Å²) in [5, 5.41) is 0. The summed E-state index contributed by atoms with van der Waals surface area (Å²) in [5.41, 5.74) is 7.01. The topological polar surface area (TPSA) is 26.0 Å². The summed E-state index contributed by atoms with van der Waals surface area (Å²) in [6.45, 7) is 4.59. The molecular formula is C12H19N. The highest BCUT2D eigenvalue weighted by Gasteiger charge is 2.31. The zero-order valence-corrected chi connectivity index (χ0v) is 8.53. The summed E-state index contributed by atoms with van der Waals surface area (Å²) >= 11 is 0. The summed E-state index contributed by atoms with van der Waals surface area (Å²) in [5.74, 6) is 3.00. The average molecular weight is 177 g/mol. The molecule has 1 nitrogen and oxygen atoms in total. The molecule has 1 heteroatoms. The highest BCUT2D eigenvalue weighted by atomic mass is 14.6. The molecule has 0 spiro atoms. The van der Waals surface area contributed by atoms with Crippen molar-refractivity contribution in [1.82, 2.24) is 0 Å². The van der Waals surface area contributed by atoms with Crippen LogP contribution in [-0.4, -0.2) is 0 Å². The van der Waals surface area contributed by atoms with Gasteiger partial charge in [-0.15, -0.1) is 0 Å². The highest BCUT2D eigenvalue weighted by Crippen LogP contribution is 2.39. The molecule has 0 aromatic heterocycles. The Kier molecular flexibility index (Phi) is 2.19. The summed E-state index contributed by atoms with van der Waals surface area (Å²) in [4.78, 5) is 0. The quantitative estimate of drug-likeness (QED) is 0.645. The maximum atomic E-state index is 5.88. The van der Waals surface area contributed by atoms with Gasteiger partial charge in [-0.1, -0.05) is 32.1 Å². The largest absolute Gasteiger partial charge is 0.402 e. The Morgan fingerprint density at radius 1 is 1.38 bits per heavy atom. The number of allylic oxidation sites excluding steroid dienone is 4. The Bertz CT molecular complexity index is 252. The summed E-state index contributed by atoms with van der Waals surface area (Å²) in [6.07, 6.45) is 9.40. The summed E-state index contributed by atoms with van der Waals surface area (Å²) < 4.78 is 0. The second-order valence-corrected chi connectivity index (χ2v) is 4.65. The van der Waals surface area contributed by atoms with E-state index in [1.54, 1.807) is 0 Å². The highest BCUT2D eigenvalue weighted by molar-refractivity contribution is 5.18. The van der Waals surface area contributed by atoms with Crippen molar-refractivity contribution in [3.63, 3.8) is 0 Å². The standard InChI is InChI=1S/C12H19N/c1-8-4-3-5-10(8)7-11-9(2)6-12(11)13/h3-4,6,8-11H,5,7,13H2,1-2H3. The Hall–Kier alpha value is -0.720. The first-order valence-electron chi connectivity index (χ1n) is 5.32. The smallest absolute Gasteiger partial charge is 0.00803 e. The lowest BCUT2D eigenvalue weighted by Gasteiger charge is -2.34. The molecule has 0 heterocycles. The van der Waals surface area contributed by atoms with Gasteiger partial charge in [0.2, 0.25) is 0 Å². The predicted molar refractivity (Wildman–Crippen MR) is 56.0 cm³/mol. The van der Waals surface area contributed by atoms with Gasteiger partial charge in [0.1, 0.15) is 0 Å². The van der Waals surface area contributed by atoms with Gasteiger partial charge >= 0.3 is 0 Å². The average Bonchev–Trinajstić information content (AvgIpc) is 2.48. The van der Waals surface area contributed by atoms with Crippen LogP contribution in [0.25, 0.3) is 0 Å². The lowest BCUT2D eigenvalue weighted by molar-refractivity contribution is 0.294. The van der Waals surface area contributed by atoms with E-state index in [0.717, 1.165) is 17.5 Å². The second kappa shape index (κ2) is 3.21. The fourth-order valence-corrected chi connectivity index (χ4v) is 2.56. The van der Waals surface area contributed by atoms with Crippen LogP contribution in [0.3, 0.4) is 0 Å². The van der Waals surface area contributed by atoms with Gasteiger partial charge in [-0.3, -0.25) is 0 Å². The van der Waals surface area contributed by atoms with Crippen molar-refractivity contribution >= 4 is 0 Å². The molecule has 0 fully saturated rings. The van der Waals surface area contributed by atoms with Gasteiger partial charge in [0, 0.05) is 11.6 Å². The first-order valence-corrected chi connectivity index (χ1v) is 5.32. The van der Waals surface area contributed by atoms with Gasteiger partial charge in [0.05, 0.1) is 0 Å². The van der Waals surface area contributed by atoms with E-state index >= 15 is 0 Å². The van der Waals surface area contributed by atoms with E-state index < -0.39 is 0 Å². The molecule has 0 aromatic carbocycles. The monoisotopic (exact) mass is 177 g/mol. The van der Waals surface area contributed by atoms with Gasteiger partial charge in [0.15, 0.2) is 0 Å². The molecule has 72 valence electrons. The maximum absolute atomic E-state index is 5.88. The van der Waals surface area contributed by atoms with E-state index in [4.69, 9.17) is 5.73 Å². The van der Waals surface area contributed by atoms with Gasteiger partial charge in [-0.2, -0.15) is 0 Å². The molecule has 2 aliphatic carbocycles. The Balaban J connectivity index is 1.89. The van der Waals surface area contributed by atoms with Crippen LogP contribution in [0.15, 0.2) is 23.9 Å². The van der Waals surface area contributed by atoms with Gasteiger partial charge in [-0.25, -0.2) is 0 Å². The molecule has 0 bridgehead atoms. The van der Waals surface area contributed by atoms with E-state index in [9.17, 15) is 0 Å². The minimum atomic E-state index is 0.673. The number of hydrogen-bond donors (Lipinski definition) is 1. The molecule has 0 aromatic rings. The third-order valence-electron chi connectivity index (χ3n) is 3.70. The number of nitrogens with two attached hydrogens (primary N) is 1. The minimum Gasteiger partial charge on any atom is -0.402 e. The van der Waals surface area contributed by atoms with Crippen LogP contribution in [-0.2, 0) is 0 Å². The van der Waals surface area contributed by atoms with Gasteiger partial charge < -0.3 is 5.73 Å². The Morgan fingerprint density at radius 2 is 2.15 bits per heavy atom. The van der Waals surface area contributed by atoms with Crippen LogP contribution < -0.4 is 5.73 Å². The van der Waals surface area contributed by atoms with Crippen molar-refractivity contribution in [2.45, 2.75) is 26.7 Å².